The zero-order valence-corrected chi connectivity index (χ0v) is 13.5. The van der Waals surface area contributed by atoms with Crippen LogP contribution in [0.5, 0.6) is 17.2 Å². The molecule has 0 aliphatic carbocycles. The highest BCUT2D eigenvalue weighted by Crippen LogP contribution is 2.43. The predicted molar refractivity (Wildman–Crippen MR) is 87.0 cm³/mol. The Morgan fingerprint density at radius 2 is 1.91 bits per heavy atom. The molecule has 2 aromatic carbocycles. The van der Waals surface area contributed by atoms with E-state index < -0.39 is 0 Å². The number of hydrogen-bond donors (Lipinski definition) is 0. The van der Waals surface area contributed by atoms with E-state index in [2.05, 4.69) is 19.1 Å². The van der Waals surface area contributed by atoms with Gasteiger partial charge < -0.3 is 14.2 Å². The van der Waals surface area contributed by atoms with Crippen LogP contribution in [0.25, 0.3) is 0 Å². The molecule has 0 N–H and O–H groups in total. The molecule has 0 spiro atoms. The molecule has 2 unspecified atom stereocenters. The van der Waals surface area contributed by atoms with Crippen LogP contribution in [0, 0.1) is 5.92 Å². The molecule has 0 radical (unpaired) electrons. The molecule has 2 atom stereocenters. The molecule has 1 heterocycles. The summed E-state index contributed by atoms with van der Waals surface area (Å²) >= 11 is 0. The van der Waals surface area contributed by atoms with E-state index in [-0.39, 0.29) is 12.1 Å². The van der Waals surface area contributed by atoms with Gasteiger partial charge in [-0.3, -0.25) is 4.79 Å². The maximum atomic E-state index is 11.2. The van der Waals surface area contributed by atoms with E-state index in [1.54, 1.807) is 13.2 Å². The van der Waals surface area contributed by atoms with E-state index in [1.807, 2.05) is 24.3 Å². The Labute approximate surface area is 136 Å². The fraction of sp³-hybridized carbons (Fsp3) is 0.316. The van der Waals surface area contributed by atoms with Crippen molar-refractivity contribution in [3.8, 4) is 17.2 Å². The van der Waals surface area contributed by atoms with Crippen molar-refractivity contribution in [1.82, 2.24) is 0 Å². The Balaban J connectivity index is 1.95. The monoisotopic (exact) mass is 312 g/mol. The van der Waals surface area contributed by atoms with Gasteiger partial charge in [-0.05, 0) is 23.6 Å². The van der Waals surface area contributed by atoms with Gasteiger partial charge in [-0.1, -0.05) is 37.3 Å². The highest BCUT2D eigenvalue weighted by molar-refractivity contribution is 5.71. The lowest BCUT2D eigenvalue weighted by Crippen LogP contribution is -2.24. The Morgan fingerprint density at radius 1 is 1.17 bits per heavy atom. The fourth-order valence-corrected chi connectivity index (χ4v) is 2.99. The third kappa shape index (κ3) is 3.16. The van der Waals surface area contributed by atoms with Crippen molar-refractivity contribution < 1.29 is 19.0 Å². The van der Waals surface area contributed by atoms with E-state index >= 15 is 0 Å². The minimum atomic E-state index is -0.366. The first-order valence-electron chi connectivity index (χ1n) is 7.69. The predicted octanol–water partition coefficient (Wildman–Crippen LogP) is 3.93. The number of methoxy groups -OCH3 is 1. The topological polar surface area (TPSA) is 44.8 Å². The highest BCUT2D eigenvalue weighted by Gasteiger charge is 2.29. The zero-order valence-electron chi connectivity index (χ0n) is 13.5. The molecule has 1 aliphatic heterocycles. The Hall–Kier alpha value is -2.49. The lowest BCUT2D eigenvalue weighted by Gasteiger charge is -2.32. The second kappa shape index (κ2) is 6.32. The molecule has 0 fully saturated rings. The molecular formula is C19H20O4. The van der Waals surface area contributed by atoms with Crippen LogP contribution in [0.15, 0.2) is 42.5 Å². The first kappa shape index (κ1) is 15.4. The Morgan fingerprint density at radius 3 is 2.57 bits per heavy atom. The quantitative estimate of drug-likeness (QED) is 0.636. The number of benzene rings is 2. The molecule has 4 nitrogen and oxygen atoms in total. The molecule has 2 aromatic rings. The third-order valence-electron chi connectivity index (χ3n) is 4.04. The molecule has 0 amide bonds. The Bertz CT molecular complexity index is 709. The summed E-state index contributed by atoms with van der Waals surface area (Å²) < 4.78 is 16.8. The normalized spacial score (nSPS) is 19.4. The van der Waals surface area contributed by atoms with Gasteiger partial charge in [0.2, 0.25) is 0 Å². The minimum Gasteiger partial charge on any atom is -0.493 e. The van der Waals surface area contributed by atoms with Gasteiger partial charge in [0.05, 0.1) is 7.11 Å². The number of carbonyl (C=O) groups is 1. The van der Waals surface area contributed by atoms with E-state index in [4.69, 9.17) is 14.2 Å². The number of esters is 1. The summed E-state index contributed by atoms with van der Waals surface area (Å²) in [6.45, 7) is 3.54. The van der Waals surface area contributed by atoms with Gasteiger partial charge in [0.15, 0.2) is 11.5 Å². The highest BCUT2D eigenvalue weighted by atomic mass is 16.6. The molecular weight excluding hydrogens is 292 g/mol. The number of hydrogen-bond acceptors (Lipinski definition) is 4. The van der Waals surface area contributed by atoms with Crippen LogP contribution in [-0.4, -0.2) is 13.1 Å². The van der Waals surface area contributed by atoms with Crippen molar-refractivity contribution in [2.24, 2.45) is 5.92 Å². The molecule has 0 aromatic heterocycles. The van der Waals surface area contributed by atoms with Crippen molar-refractivity contribution in [3.63, 3.8) is 0 Å². The standard InChI is InChI=1S/C19H20O4/c1-12-9-15-10-18(22-13(2)20)17(21-3)11-16(15)23-19(12)14-7-5-4-6-8-14/h4-8,10-12,19H,9H2,1-3H3. The molecule has 0 saturated heterocycles. The van der Waals surface area contributed by atoms with Crippen molar-refractivity contribution in [3.05, 3.63) is 53.6 Å². The van der Waals surface area contributed by atoms with Gasteiger partial charge in [-0.25, -0.2) is 0 Å². The van der Waals surface area contributed by atoms with E-state index in [0.29, 0.717) is 17.4 Å². The number of fused-ring (bicyclic) bond motifs is 1. The van der Waals surface area contributed by atoms with Crippen LogP contribution in [0.4, 0.5) is 0 Å². The fourth-order valence-electron chi connectivity index (χ4n) is 2.99. The van der Waals surface area contributed by atoms with Crippen LogP contribution in [-0.2, 0) is 11.2 Å². The Kier molecular flexibility index (Phi) is 4.24. The summed E-state index contributed by atoms with van der Waals surface area (Å²) in [7, 11) is 1.55. The molecule has 3 rings (SSSR count). The largest absolute Gasteiger partial charge is 0.493 e. The lowest BCUT2D eigenvalue weighted by molar-refractivity contribution is -0.132. The van der Waals surface area contributed by atoms with Gasteiger partial charge in [0.25, 0.3) is 0 Å². The van der Waals surface area contributed by atoms with Crippen LogP contribution in [0.2, 0.25) is 0 Å². The van der Waals surface area contributed by atoms with Gasteiger partial charge in [0, 0.05) is 18.9 Å². The van der Waals surface area contributed by atoms with Crippen molar-refractivity contribution in [1.29, 1.82) is 0 Å². The van der Waals surface area contributed by atoms with Crippen LogP contribution in [0.1, 0.15) is 31.1 Å². The van der Waals surface area contributed by atoms with Crippen molar-refractivity contribution >= 4 is 5.97 Å². The number of rotatable bonds is 3. The molecule has 120 valence electrons. The molecule has 1 aliphatic rings. The average Bonchev–Trinajstić information content (AvgIpc) is 2.54. The van der Waals surface area contributed by atoms with Gasteiger partial charge >= 0.3 is 5.97 Å². The molecule has 4 heteroatoms. The molecule has 0 bridgehead atoms. The number of ether oxygens (including phenoxy) is 3. The van der Waals surface area contributed by atoms with E-state index in [1.165, 1.54) is 6.92 Å². The van der Waals surface area contributed by atoms with Crippen LogP contribution >= 0.6 is 0 Å². The van der Waals surface area contributed by atoms with Crippen LogP contribution in [0.3, 0.4) is 0 Å². The molecule has 23 heavy (non-hydrogen) atoms. The maximum absolute atomic E-state index is 11.2. The van der Waals surface area contributed by atoms with Crippen molar-refractivity contribution in [2.75, 3.05) is 7.11 Å². The average molecular weight is 312 g/mol. The summed E-state index contributed by atoms with van der Waals surface area (Å²) in [4.78, 5) is 11.2. The van der Waals surface area contributed by atoms with Gasteiger partial charge in [0.1, 0.15) is 11.9 Å². The van der Waals surface area contributed by atoms with Crippen LogP contribution < -0.4 is 14.2 Å². The van der Waals surface area contributed by atoms with Gasteiger partial charge in [-0.2, -0.15) is 0 Å². The van der Waals surface area contributed by atoms with E-state index in [9.17, 15) is 4.79 Å². The second-order valence-electron chi connectivity index (χ2n) is 5.83. The summed E-state index contributed by atoms with van der Waals surface area (Å²) in [6.07, 6.45) is 0.862. The lowest BCUT2D eigenvalue weighted by atomic mass is 9.88. The second-order valence-corrected chi connectivity index (χ2v) is 5.83. The van der Waals surface area contributed by atoms with Crippen molar-refractivity contribution in [2.45, 2.75) is 26.4 Å². The first-order valence-corrected chi connectivity index (χ1v) is 7.69. The number of carbonyl (C=O) groups excluding carboxylic acids is 1. The summed E-state index contributed by atoms with van der Waals surface area (Å²) in [5.74, 6) is 1.68. The summed E-state index contributed by atoms with van der Waals surface area (Å²) in [5, 5.41) is 0. The minimum absolute atomic E-state index is 0.00739. The SMILES string of the molecule is COc1cc2c(cc1OC(C)=O)CC(C)C(c1ccccc1)O2. The third-order valence-corrected chi connectivity index (χ3v) is 4.04. The zero-order chi connectivity index (χ0) is 16.4. The molecule has 0 saturated carbocycles. The maximum Gasteiger partial charge on any atom is 0.308 e. The smallest absolute Gasteiger partial charge is 0.308 e. The van der Waals surface area contributed by atoms with E-state index in [0.717, 1.165) is 23.3 Å². The summed E-state index contributed by atoms with van der Waals surface area (Å²) in [5.41, 5.74) is 2.19. The summed E-state index contributed by atoms with van der Waals surface area (Å²) in [6, 6.07) is 13.8. The first-order chi connectivity index (χ1) is 11.1. The van der Waals surface area contributed by atoms with Gasteiger partial charge in [-0.15, -0.1) is 0 Å².